The van der Waals surface area contributed by atoms with Crippen molar-refractivity contribution in [3.05, 3.63) is 33.3 Å². The van der Waals surface area contributed by atoms with Crippen molar-refractivity contribution < 1.29 is 0 Å². The summed E-state index contributed by atoms with van der Waals surface area (Å²) in [5.74, 6) is 0.644. The highest BCUT2D eigenvalue weighted by atomic mass is 79.9. The highest BCUT2D eigenvalue weighted by Crippen LogP contribution is 2.25. The molecule has 0 radical (unpaired) electrons. The van der Waals surface area contributed by atoms with Crippen molar-refractivity contribution in [1.29, 1.82) is 0 Å². The molecule has 2 rings (SSSR count). The van der Waals surface area contributed by atoms with Gasteiger partial charge in [0, 0.05) is 23.6 Å². The number of hydrogen-bond donors (Lipinski definition) is 1. The van der Waals surface area contributed by atoms with Crippen molar-refractivity contribution in [1.82, 2.24) is 4.90 Å². The van der Waals surface area contributed by atoms with E-state index in [4.69, 9.17) is 17.3 Å². The van der Waals surface area contributed by atoms with Crippen LogP contribution in [-0.4, -0.2) is 24.0 Å². The summed E-state index contributed by atoms with van der Waals surface area (Å²) < 4.78 is 0.972. The molecule has 2 atom stereocenters. The molecule has 0 aromatic heterocycles. The van der Waals surface area contributed by atoms with Gasteiger partial charge in [-0.05, 0) is 59.4 Å². The lowest BCUT2D eigenvalue weighted by atomic mass is 10.0. The first-order valence-electron chi connectivity index (χ1n) is 5.98. The van der Waals surface area contributed by atoms with Crippen LogP contribution >= 0.6 is 27.5 Å². The van der Waals surface area contributed by atoms with Crippen LogP contribution in [0.15, 0.2) is 22.7 Å². The molecule has 17 heavy (non-hydrogen) atoms. The van der Waals surface area contributed by atoms with Gasteiger partial charge < -0.3 is 5.73 Å². The van der Waals surface area contributed by atoms with Crippen molar-refractivity contribution in [2.75, 3.05) is 13.1 Å². The summed E-state index contributed by atoms with van der Waals surface area (Å²) in [5, 5.41) is 0.767. The minimum Gasteiger partial charge on any atom is -0.328 e. The molecular formula is C13H18BrClN2. The second kappa shape index (κ2) is 5.70. The van der Waals surface area contributed by atoms with E-state index in [1.165, 1.54) is 12.0 Å². The summed E-state index contributed by atoms with van der Waals surface area (Å²) in [7, 11) is 0. The Labute approximate surface area is 116 Å². The number of halogens is 2. The third kappa shape index (κ3) is 3.44. The third-order valence-corrected chi connectivity index (χ3v) is 4.66. The zero-order valence-corrected chi connectivity index (χ0v) is 12.3. The van der Waals surface area contributed by atoms with Gasteiger partial charge in [0.1, 0.15) is 0 Å². The first-order valence-corrected chi connectivity index (χ1v) is 7.15. The van der Waals surface area contributed by atoms with Crippen molar-refractivity contribution in [3.63, 3.8) is 0 Å². The number of benzene rings is 1. The predicted molar refractivity (Wildman–Crippen MR) is 76.2 cm³/mol. The molecule has 0 bridgehead atoms. The van der Waals surface area contributed by atoms with Gasteiger partial charge in [-0.2, -0.15) is 0 Å². The maximum Gasteiger partial charge on any atom is 0.0548 e. The molecule has 4 heteroatoms. The second-order valence-corrected chi connectivity index (χ2v) is 6.15. The smallest absolute Gasteiger partial charge is 0.0548 e. The van der Waals surface area contributed by atoms with E-state index >= 15 is 0 Å². The molecule has 1 heterocycles. The average Bonchev–Trinajstić information content (AvgIpc) is 2.72. The molecule has 1 saturated heterocycles. The zero-order chi connectivity index (χ0) is 12.4. The molecule has 0 aliphatic carbocycles. The molecule has 0 saturated carbocycles. The molecule has 1 fully saturated rings. The van der Waals surface area contributed by atoms with Crippen molar-refractivity contribution in [3.8, 4) is 0 Å². The predicted octanol–water partition coefficient (Wildman–Crippen LogP) is 3.27. The Morgan fingerprint density at radius 3 is 2.94 bits per heavy atom. The van der Waals surface area contributed by atoms with Gasteiger partial charge in [0.05, 0.1) is 5.02 Å². The van der Waals surface area contributed by atoms with Gasteiger partial charge in [0.2, 0.25) is 0 Å². The Morgan fingerprint density at radius 2 is 2.35 bits per heavy atom. The number of rotatable bonds is 3. The summed E-state index contributed by atoms with van der Waals surface area (Å²) in [6.45, 7) is 5.34. The Morgan fingerprint density at radius 1 is 1.59 bits per heavy atom. The Balaban J connectivity index is 1.96. The van der Waals surface area contributed by atoms with Crippen LogP contribution in [0, 0.1) is 5.92 Å². The van der Waals surface area contributed by atoms with E-state index in [1.54, 1.807) is 0 Å². The molecule has 1 aromatic rings. The van der Waals surface area contributed by atoms with Gasteiger partial charge in [-0.15, -0.1) is 0 Å². The summed E-state index contributed by atoms with van der Waals surface area (Å²) in [6.07, 6.45) is 1.21. The fraction of sp³-hybridized carbons (Fsp3) is 0.538. The SMILES string of the molecule is CC(N)C1CCN(Cc2ccc(Cl)c(Br)c2)C1. The van der Waals surface area contributed by atoms with Crippen LogP contribution in [0.4, 0.5) is 0 Å². The lowest BCUT2D eigenvalue weighted by Crippen LogP contribution is -2.29. The number of nitrogens with two attached hydrogens (primary N) is 1. The lowest BCUT2D eigenvalue weighted by molar-refractivity contribution is 0.308. The molecular weight excluding hydrogens is 300 g/mol. The maximum absolute atomic E-state index is 5.99. The van der Waals surface area contributed by atoms with Gasteiger partial charge in [0.15, 0.2) is 0 Å². The second-order valence-electron chi connectivity index (χ2n) is 4.89. The number of hydrogen-bond acceptors (Lipinski definition) is 2. The molecule has 2 unspecified atom stereocenters. The topological polar surface area (TPSA) is 29.3 Å². The maximum atomic E-state index is 5.99. The van der Waals surface area contributed by atoms with E-state index in [1.807, 2.05) is 6.07 Å². The van der Waals surface area contributed by atoms with Gasteiger partial charge in [-0.25, -0.2) is 0 Å². The minimum atomic E-state index is 0.303. The Bertz CT molecular complexity index is 395. The van der Waals surface area contributed by atoms with Crippen LogP contribution in [0.2, 0.25) is 5.02 Å². The van der Waals surface area contributed by atoms with E-state index in [9.17, 15) is 0 Å². The van der Waals surface area contributed by atoms with Crippen LogP contribution < -0.4 is 5.73 Å². The summed E-state index contributed by atoms with van der Waals surface area (Å²) in [5.41, 5.74) is 7.24. The van der Waals surface area contributed by atoms with Gasteiger partial charge in [-0.1, -0.05) is 17.7 Å². The summed E-state index contributed by atoms with van der Waals surface area (Å²) in [6, 6.07) is 6.44. The molecule has 0 amide bonds. The van der Waals surface area contributed by atoms with Crippen LogP contribution in [0.1, 0.15) is 18.9 Å². The summed E-state index contributed by atoms with van der Waals surface area (Å²) >= 11 is 9.45. The van der Waals surface area contributed by atoms with E-state index in [0.29, 0.717) is 12.0 Å². The van der Waals surface area contributed by atoms with E-state index in [-0.39, 0.29) is 0 Å². The molecule has 94 valence electrons. The molecule has 2 N–H and O–H groups in total. The van der Waals surface area contributed by atoms with E-state index in [2.05, 4.69) is 39.9 Å². The van der Waals surface area contributed by atoms with Gasteiger partial charge in [-0.3, -0.25) is 4.90 Å². The van der Waals surface area contributed by atoms with Crippen LogP contribution in [0.25, 0.3) is 0 Å². The van der Waals surface area contributed by atoms with Crippen LogP contribution in [0.5, 0.6) is 0 Å². The molecule has 0 spiro atoms. The van der Waals surface area contributed by atoms with Crippen LogP contribution in [0.3, 0.4) is 0 Å². The molecule has 1 aliphatic rings. The third-order valence-electron chi connectivity index (χ3n) is 3.44. The Hall–Kier alpha value is -0.0900. The van der Waals surface area contributed by atoms with Crippen molar-refractivity contribution >= 4 is 27.5 Å². The zero-order valence-electron chi connectivity index (χ0n) is 10.00. The standard InChI is InChI=1S/C13H18BrClN2/c1-9(16)11-4-5-17(8-11)7-10-2-3-13(15)12(14)6-10/h2-3,6,9,11H,4-5,7-8,16H2,1H3. The molecule has 1 aliphatic heterocycles. The normalized spacial score (nSPS) is 22.9. The first-order chi connectivity index (χ1) is 8.06. The largest absolute Gasteiger partial charge is 0.328 e. The quantitative estimate of drug-likeness (QED) is 0.927. The van der Waals surface area contributed by atoms with Crippen molar-refractivity contribution in [2.45, 2.75) is 25.9 Å². The first kappa shape index (κ1) is 13.3. The van der Waals surface area contributed by atoms with Gasteiger partial charge >= 0.3 is 0 Å². The number of nitrogens with zero attached hydrogens (tertiary/aromatic N) is 1. The average molecular weight is 318 g/mol. The fourth-order valence-electron chi connectivity index (χ4n) is 2.33. The Kier molecular flexibility index (Phi) is 4.47. The fourth-order valence-corrected chi connectivity index (χ4v) is 2.88. The summed E-state index contributed by atoms with van der Waals surface area (Å²) in [4.78, 5) is 2.46. The van der Waals surface area contributed by atoms with Crippen molar-refractivity contribution in [2.24, 2.45) is 11.7 Å². The minimum absolute atomic E-state index is 0.303. The van der Waals surface area contributed by atoms with E-state index in [0.717, 1.165) is 29.1 Å². The lowest BCUT2D eigenvalue weighted by Gasteiger charge is -2.18. The number of likely N-dealkylation sites (tertiary alicyclic amines) is 1. The molecule has 2 nitrogen and oxygen atoms in total. The van der Waals surface area contributed by atoms with Gasteiger partial charge in [0.25, 0.3) is 0 Å². The monoisotopic (exact) mass is 316 g/mol. The highest BCUT2D eigenvalue weighted by molar-refractivity contribution is 9.10. The van der Waals surface area contributed by atoms with Crippen LogP contribution in [-0.2, 0) is 6.54 Å². The molecule has 1 aromatic carbocycles. The highest BCUT2D eigenvalue weighted by Gasteiger charge is 2.24. The van der Waals surface area contributed by atoms with E-state index < -0.39 is 0 Å².